The van der Waals surface area contributed by atoms with Gasteiger partial charge in [0.15, 0.2) is 0 Å². The quantitative estimate of drug-likeness (QED) is 0.819. The molecule has 0 aliphatic heterocycles. The van der Waals surface area contributed by atoms with Gasteiger partial charge in [-0.1, -0.05) is 18.2 Å². The highest BCUT2D eigenvalue weighted by Crippen LogP contribution is 2.06. The van der Waals surface area contributed by atoms with E-state index < -0.39 is 0 Å². The van der Waals surface area contributed by atoms with E-state index in [2.05, 4.69) is 10.3 Å². The minimum atomic E-state index is -0.0203. The van der Waals surface area contributed by atoms with Gasteiger partial charge >= 0.3 is 0 Å². The lowest BCUT2D eigenvalue weighted by molar-refractivity contribution is -0.120. The highest BCUT2D eigenvalue weighted by molar-refractivity contribution is 5.78. The maximum atomic E-state index is 11.8. The Hall–Kier alpha value is -2.36. The van der Waals surface area contributed by atoms with E-state index in [1.165, 1.54) is 0 Å². The number of carbonyl (C=O) groups excluding carboxylic acids is 1. The van der Waals surface area contributed by atoms with Crippen molar-refractivity contribution in [2.24, 2.45) is 0 Å². The molecule has 0 fully saturated rings. The van der Waals surface area contributed by atoms with Gasteiger partial charge in [0.1, 0.15) is 0 Å². The van der Waals surface area contributed by atoms with Gasteiger partial charge in [0.2, 0.25) is 5.91 Å². The molecule has 0 radical (unpaired) electrons. The molecule has 2 aromatic rings. The van der Waals surface area contributed by atoms with Crippen molar-refractivity contribution in [2.45, 2.75) is 19.9 Å². The lowest BCUT2D eigenvalue weighted by Gasteiger charge is -2.06. The van der Waals surface area contributed by atoms with Crippen LogP contribution in [0.3, 0.4) is 0 Å². The first-order chi connectivity index (χ1) is 9.13. The number of aryl methyl sites for hydroxylation is 1. The third-order valence-electron chi connectivity index (χ3n) is 2.76. The highest BCUT2D eigenvalue weighted by Gasteiger charge is 2.03. The molecular formula is C15H17N3O. The SMILES string of the molecule is Cc1cccc(CNC(=O)Cc2ccc(N)cc2)n1. The van der Waals surface area contributed by atoms with Crippen LogP contribution in [0.2, 0.25) is 0 Å². The Morgan fingerprint density at radius 2 is 1.95 bits per heavy atom. The Kier molecular flexibility index (Phi) is 4.13. The minimum Gasteiger partial charge on any atom is -0.399 e. The first-order valence-corrected chi connectivity index (χ1v) is 6.17. The average molecular weight is 255 g/mol. The molecule has 4 heteroatoms. The number of pyridine rings is 1. The Bertz CT molecular complexity index is 564. The van der Waals surface area contributed by atoms with Gasteiger partial charge in [-0.05, 0) is 36.8 Å². The summed E-state index contributed by atoms with van der Waals surface area (Å²) in [5.74, 6) is -0.0203. The number of carbonyl (C=O) groups is 1. The average Bonchev–Trinajstić information content (AvgIpc) is 2.39. The second kappa shape index (κ2) is 6.00. The molecule has 0 unspecified atom stereocenters. The molecule has 1 aromatic carbocycles. The van der Waals surface area contributed by atoms with E-state index in [9.17, 15) is 4.79 Å². The molecule has 1 amide bonds. The predicted molar refractivity (Wildman–Crippen MR) is 75.4 cm³/mol. The number of nitrogens with two attached hydrogens (primary N) is 1. The zero-order chi connectivity index (χ0) is 13.7. The topological polar surface area (TPSA) is 68.0 Å². The van der Waals surface area contributed by atoms with Crippen LogP contribution in [0.1, 0.15) is 17.0 Å². The number of nitrogens with one attached hydrogen (secondary N) is 1. The fraction of sp³-hybridized carbons (Fsp3) is 0.200. The number of rotatable bonds is 4. The van der Waals surface area contributed by atoms with Gasteiger partial charge in [0.05, 0.1) is 18.7 Å². The van der Waals surface area contributed by atoms with Crippen molar-refractivity contribution >= 4 is 11.6 Å². The maximum Gasteiger partial charge on any atom is 0.224 e. The molecule has 0 bridgehead atoms. The Morgan fingerprint density at radius 3 is 2.63 bits per heavy atom. The number of nitrogen functional groups attached to an aromatic ring is 1. The summed E-state index contributed by atoms with van der Waals surface area (Å²) in [6.07, 6.45) is 0.353. The van der Waals surface area contributed by atoms with Crippen LogP contribution in [0.25, 0.3) is 0 Å². The van der Waals surface area contributed by atoms with Crippen LogP contribution in [0.5, 0.6) is 0 Å². The molecule has 0 aliphatic rings. The smallest absolute Gasteiger partial charge is 0.224 e. The molecule has 2 rings (SSSR count). The molecule has 19 heavy (non-hydrogen) atoms. The molecule has 4 nitrogen and oxygen atoms in total. The van der Waals surface area contributed by atoms with E-state index in [-0.39, 0.29) is 5.91 Å². The van der Waals surface area contributed by atoms with E-state index in [4.69, 9.17) is 5.73 Å². The Balaban J connectivity index is 1.86. The monoisotopic (exact) mass is 255 g/mol. The van der Waals surface area contributed by atoms with Crippen molar-refractivity contribution in [3.05, 3.63) is 59.4 Å². The highest BCUT2D eigenvalue weighted by atomic mass is 16.1. The van der Waals surface area contributed by atoms with Gasteiger partial charge in [-0.2, -0.15) is 0 Å². The van der Waals surface area contributed by atoms with E-state index in [0.717, 1.165) is 17.0 Å². The normalized spacial score (nSPS) is 10.2. The number of anilines is 1. The summed E-state index contributed by atoms with van der Waals surface area (Å²) < 4.78 is 0. The number of hydrogen-bond donors (Lipinski definition) is 2. The van der Waals surface area contributed by atoms with E-state index in [0.29, 0.717) is 18.7 Å². The molecule has 1 heterocycles. The van der Waals surface area contributed by atoms with Crippen LogP contribution in [0.15, 0.2) is 42.5 Å². The first-order valence-electron chi connectivity index (χ1n) is 6.17. The third kappa shape index (κ3) is 4.10. The number of hydrogen-bond acceptors (Lipinski definition) is 3. The van der Waals surface area contributed by atoms with Gasteiger partial charge in [-0.25, -0.2) is 0 Å². The van der Waals surface area contributed by atoms with Gasteiger partial charge in [-0.3, -0.25) is 9.78 Å². The summed E-state index contributed by atoms with van der Waals surface area (Å²) in [7, 11) is 0. The third-order valence-corrected chi connectivity index (χ3v) is 2.76. The molecular weight excluding hydrogens is 238 g/mol. The molecule has 0 saturated heterocycles. The van der Waals surface area contributed by atoms with Crippen molar-refractivity contribution in [3.63, 3.8) is 0 Å². The summed E-state index contributed by atoms with van der Waals surface area (Å²) in [4.78, 5) is 16.1. The standard InChI is InChI=1S/C15H17N3O/c1-11-3-2-4-14(18-11)10-17-15(19)9-12-5-7-13(16)8-6-12/h2-8H,9-10,16H2,1H3,(H,17,19). The van der Waals surface area contributed by atoms with Gasteiger partial charge < -0.3 is 11.1 Å². The second-order valence-corrected chi connectivity index (χ2v) is 4.47. The molecule has 0 saturated carbocycles. The summed E-state index contributed by atoms with van der Waals surface area (Å²) >= 11 is 0. The van der Waals surface area contributed by atoms with Gasteiger partial charge in [-0.15, -0.1) is 0 Å². The van der Waals surface area contributed by atoms with E-state index in [1.54, 1.807) is 12.1 Å². The van der Waals surface area contributed by atoms with E-state index in [1.807, 2.05) is 37.3 Å². The van der Waals surface area contributed by atoms with Crippen LogP contribution in [-0.2, 0) is 17.8 Å². The van der Waals surface area contributed by atoms with Crippen molar-refractivity contribution in [2.75, 3.05) is 5.73 Å². The molecule has 1 aromatic heterocycles. The number of aromatic nitrogens is 1. The first kappa shape index (κ1) is 13.1. The van der Waals surface area contributed by atoms with Crippen LogP contribution in [0, 0.1) is 6.92 Å². The lowest BCUT2D eigenvalue weighted by atomic mass is 10.1. The van der Waals surface area contributed by atoms with Gasteiger partial charge in [0.25, 0.3) is 0 Å². The van der Waals surface area contributed by atoms with E-state index >= 15 is 0 Å². The largest absolute Gasteiger partial charge is 0.399 e. The van der Waals surface area contributed by atoms with Crippen LogP contribution in [0.4, 0.5) is 5.69 Å². The van der Waals surface area contributed by atoms with Gasteiger partial charge in [0, 0.05) is 11.4 Å². The van der Waals surface area contributed by atoms with Crippen LogP contribution < -0.4 is 11.1 Å². The number of benzene rings is 1. The van der Waals surface area contributed by atoms with Crippen molar-refractivity contribution in [3.8, 4) is 0 Å². The second-order valence-electron chi connectivity index (χ2n) is 4.47. The molecule has 0 atom stereocenters. The fourth-order valence-corrected chi connectivity index (χ4v) is 1.77. The number of nitrogens with zero attached hydrogens (tertiary/aromatic N) is 1. The Morgan fingerprint density at radius 1 is 1.21 bits per heavy atom. The van der Waals surface area contributed by atoms with Crippen molar-refractivity contribution in [1.82, 2.24) is 10.3 Å². The summed E-state index contributed by atoms with van der Waals surface area (Å²) in [5, 5.41) is 2.86. The molecule has 0 aliphatic carbocycles. The lowest BCUT2D eigenvalue weighted by Crippen LogP contribution is -2.25. The fourth-order valence-electron chi connectivity index (χ4n) is 1.77. The molecule has 0 spiro atoms. The number of amides is 1. The predicted octanol–water partition coefficient (Wildman–Crippen LogP) is 1.83. The van der Waals surface area contributed by atoms with Crippen LogP contribution in [-0.4, -0.2) is 10.9 Å². The van der Waals surface area contributed by atoms with Crippen LogP contribution >= 0.6 is 0 Å². The zero-order valence-electron chi connectivity index (χ0n) is 10.9. The summed E-state index contributed by atoms with van der Waals surface area (Å²) in [5.41, 5.74) is 9.06. The van der Waals surface area contributed by atoms with Crippen molar-refractivity contribution in [1.29, 1.82) is 0 Å². The molecule has 3 N–H and O–H groups in total. The zero-order valence-corrected chi connectivity index (χ0v) is 10.9. The Labute approximate surface area is 112 Å². The molecule has 98 valence electrons. The minimum absolute atomic E-state index is 0.0203. The maximum absolute atomic E-state index is 11.8. The summed E-state index contributed by atoms with van der Waals surface area (Å²) in [6, 6.07) is 13.1. The summed E-state index contributed by atoms with van der Waals surface area (Å²) in [6.45, 7) is 2.38. The van der Waals surface area contributed by atoms with Crippen molar-refractivity contribution < 1.29 is 4.79 Å².